The van der Waals surface area contributed by atoms with E-state index in [0.29, 0.717) is 18.1 Å². The number of benzene rings is 1. The molecule has 0 heterocycles. The Hall–Kier alpha value is -1.02. The van der Waals surface area contributed by atoms with E-state index in [-0.39, 0.29) is 6.10 Å². The molecule has 1 unspecified atom stereocenters. The molecule has 0 N–H and O–H groups in total. The summed E-state index contributed by atoms with van der Waals surface area (Å²) < 4.78 is 6.19. The van der Waals surface area contributed by atoms with Gasteiger partial charge in [-0.1, -0.05) is 30.9 Å². The highest BCUT2D eigenvalue weighted by Crippen LogP contribution is 2.39. The van der Waals surface area contributed by atoms with Gasteiger partial charge in [0.25, 0.3) is 0 Å². The normalized spacial score (nSPS) is 24.0. The number of carbonyl (C=O) groups excluding carboxylic acids is 1. The number of hydrogen-bond donors (Lipinski definition) is 0. The number of ether oxygens (including phenoxy) is 1. The quantitative estimate of drug-likeness (QED) is 0.759. The SMILES string of the molecule is O=C1CCCC(Oc2ccc(Cl)cc2C2CCCCC2)C1. The van der Waals surface area contributed by atoms with Gasteiger partial charge < -0.3 is 4.74 Å². The van der Waals surface area contributed by atoms with Gasteiger partial charge in [0.2, 0.25) is 0 Å². The molecule has 2 aliphatic carbocycles. The van der Waals surface area contributed by atoms with E-state index >= 15 is 0 Å². The van der Waals surface area contributed by atoms with Crippen molar-refractivity contribution in [2.45, 2.75) is 69.8 Å². The van der Waals surface area contributed by atoms with Crippen molar-refractivity contribution in [3.05, 3.63) is 28.8 Å². The van der Waals surface area contributed by atoms with Crippen LogP contribution in [0, 0.1) is 0 Å². The van der Waals surface area contributed by atoms with Crippen LogP contribution in [0.5, 0.6) is 5.75 Å². The molecule has 2 saturated carbocycles. The van der Waals surface area contributed by atoms with Gasteiger partial charge in [-0.25, -0.2) is 0 Å². The van der Waals surface area contributed by atoms with E-state index in [0.717, 1.165) is 30.0 Å². The molecule has 0 radical (unpaired) electrons. The Labute approximate surface area is 131 Å². The monoisotopic (exact) mass is 306 g/mol. The third kappa shape index (κ3) is 3.79. The lowest BCUT2D eigenvalue weighted by atomic mass is 9.83. The van der Waals surface area contributed by atoms with Crippen LogP contribution in [-0.2, 0) is 4.79 Å². The average Bonchev–Trinajstić information content (AvgIpc) is 2.50. The Balaban J connectivity index is 1.78. The van der Waals surface area contributed by atoms with E-state index in [9.17, 15) is 4.79 Å². The van der Waals surface area contributed by atoms with Crippen LogP contribution in [-0.4, -0.2) is 11.9 Å². The Morgan fingerprint density at radius 2 is 1.86 bits per heavy atom. The third-order valence-corrected chi connectivity index (χ3v) is 4.98. The van der Waals surface area contributed by atoms with Crippen molar-refractivity contribution in [2.24, 2.45) is 0 Å². The first kappa shape index (κ1) is 14.9. The molecule has 3 rings (SSSR count). The van der Waals surface area contributed by atoms with Crippen molar-refractivity contribution >= 4 is 17.4 Å². The smallest absolute Gasteiger partial charge is 0.136 e. The first-order valence-electron chi connectivity index (χ1n) is 8.20. The zero-order valence-electron chi connectivity index (χ0n) is 12.4. The molecule has 0 spiro atoms. The number of ketones is 1. The summed E-state index contributed by atoms with van der Waals surface area (Å²) in [5, 5.41) is 0.780. The van der Waals surface area contributed by atoms with Crippen molar-refractivity contribution in [2.75, 3.05) is 0 Å². The lowest BCUT2D eigenvalue weighted by Crippen LogP contribution is -2.26. The molecular weight excluding hydrogens is 284 g/mol. The van der Waals surface area contributed by atoms with Gasteiger partial charge in [-0.2, -0.15) is 0 Å². The van der Waals surface area contributed by atoms with E-state index in [1.54, 1.807) is 0 Å². The van der Waals surface area contributed by atoms with Crippen LogP contribution >= 0.6 is 11.6 Å². The first-order valence-corrected chi connectivity index (χ1v) is 8.58. The Morgan fingerprint density at radius 1 is 1.05 bits per heavy atom. The van der Waals surface area contributed by atoms with Crippen LogP contribution in [0.15, 0.2) is 18.2 Å². The van der Waals surface area contributed by atoms with Crippen molar-refractivity contribution in [3.63, 3.8) is 0 Å². The molecule has 1 aromatic carbocycles. The van der Waals surface area contributed by atoms with E-state index in [2.05, 4.69) is 6.07 Å². The van der Waals surface area contributed by atoms with E-state index in [1.807, 2.05) is 12.1 Å². The summed E-state index contributed by atoms with van der Waals surface area (Å²) in [5.74, 6) is 1.84. The lowest BCUT2D eigenvalue weighted by molar-refractivity contribution is -0.122. The van der Waals surface area contributed by atoms with E-state index in [4.69, 9.17) is 16.3 Å². The molecule has 0 amide bonds. The summed E-state index contributed by atoms with van der Waals surface area (Å²) >= 11 is 6.19. The van der Waals surface area contributed by atoms with Crippen molar-refractivity contribution < 1.29 is 9.53 Å². The maximum atomic E-state index is 11.6. The van der Waals surface area contributed by atoms with Crippen LogP contribution in [0.2, 0.25) is 5.02 Å². The van der Waals surface area contributed by atoms with Gasteiger partial charge in [0.05, 0.1) is 0 Å². The Morgan fingerprint density at radius 3 is 2.62 bits per heavy atom. The molecule has 0 aliphatic heterocycles. The summed E-state index contributed by atoms with van der Waals surface area (Å²) in [5.41, 5.74) is 1.25. The second-order valence-electron chi connectivity index (χ2n) is 6.39. The highest BCUT2D eigenvalue weighted by atomic mass is 35.5. The number of hydrogen-bond acceptors (Lipinski definition) is 2. The zero-order valence-corrected chi connectivity index (χ0v) is 13.2. The molecule has 1 aromatic rings. The third-order valence-electron chi connectivity index (χ3n) is 4.75. The van der Waals surface area contributed by atoms with Gasteiger partial charge in [-0.15, -0.1) is 0 Å². The van der Waals surface area contributed by atoms with E-state index in [1.165, 1.54) is 37.7 Å². The van der Waals surface area contributed by atoms with Gasteiger partial charge in [-0.3, -0.25) is 4.79 Å². The Bertz CT molecular complexity index is 506. The first-order chi connectivity index (χ1) is 10.2. The summed E-state index contributed by atoms with van der Waals surface area (Å²) in [7, 11) is 0. The zero-order chi connectivity index (χ0) is 14.7. The maximum Gasteiger partial charge on any atom is 0.136 e. The molecule has 2 nitrogen and oxygen atoms in total. The molecule has 1 atom stereocenters. The van der Waals surface area contributed by atoms with Gasteiger partial charge >= 0.3 is 0 Å². The summed E-state index contributed by atoms with van der Waals surface area (Å²) in [6.45, 7) is 0. The minimum atomic E-state index is 0.0507. The predicted molar refractivity (Wildman–Crippen MR) is 85.2 cm³/mol. The molecule has 2 fully saturated rings. The highest BCUT2D eigenvalue weighted by Gasteiger charge is 2.24. The Kier molecular flexibility index (Phi) is 4.84. The van der Waals surface area contributed by atoms with Gasteiger partial charge in [0, 0.05) is 17.9 Å². The van der Waals surface area contributed by atoms with Crippen LogP contribution in [0.3, 0.4) is 0 Å². The fourth-order valence-electron chi connectivity index (χ4n) is 3.62. The molecular formula is C18H23ClO2. The molecule has 0 bridgehead atoms. The molecule has 21 heavy (non-hydrogen) atoms. The maximum absolute atomic E-state index is 11.6. The fourth-order valence-corrected chi connectivity index (χ4v) is 3.80. The van der Waals surface area contributed by atoms with Crippen molar-refractivity contribution in [1.82, 2.24) is 0 Å². The largest absolute Gasteiger partial charge is 0.490 e. The van der Waals surface area contributed by atoms with Gasteiger partial charge in [0.1, 0.15) is 17.6 Å². The average molecular weight is 307 g/mol. The van der Waals surface area contributed by atoms with Crippen LogP contribution < -0.4 is 4.74 Å². The van der Waals surface area contributed by atoms with Gasteiger partial charge in [-0.05, 0) is 55.4 Å². The van der Waals surface area contributed by atoms with Crippen molar-refractivity contribution in [3.8, 4) is 5.75 Å². The van der Waals surface area contributed by atoms with Crippen LogP contribution in [0.1, 0.15) is 69.3 Å². The minimum absolute atomic E-state index is 0.0507. The summed E-state index contributed by atoms with van der Waals surface area (Å²) in [6.07, 6.45) is 9.63. The summed E-state index contributed by atoms with van der Waals surface area (Å²) in [4.78, 5) is 11.6. The topological polar surface area (TPSA) is 26.3 Å². The number of carbonyl (C=O) groups is 1. The van der Waals surface area contributed by atoms with Crippen molar-refractivity contribution in [1.29, 1.82) is 0 Å². The lowest BCUT2D eigenvalue weighted by Gasteiger charge is -2.28. The number of Topliss-reactive ketones (excluding diaryl/α,β-unsaturated/α-hetero) is 1. The van der Waals surface area contributed by atoms with Crippen LogP contribution in [0.25, 0.3) is 0 Å². The predicted octanol–water partition coefficient (Wildman–Crippen LogP) is 5.28. The van der Waals surface area contributed by atoms with Gasteiger partial charge in [0.15, 0.2) is 0 Å². The van der Waals surface area contributed by atoms with Crippen LogP contribution in [0.4, 0.5) is 0 Å². The molecule has 114 valence electrons. The second kappa shape index (κ2) is 6.83. The highest BCUT2D eigenvalue weighted by molar-refractivity contribution is 6.30. The number of rotatable bonds is 3. The second-order valence-corrected chi connectivity index (χ2v) is 6.83. The van der Waals surface area contributed by atoms with E-state index < -0.39 is 0 Å². The summed E-state index contributed by atoms with van der Waals surface area (Å²) in [6, 6.07) is 5.96. The fraction of sp³-hybridized carbons (Fsp3) is 0.611. The molecule has 2 aliphatic rings. The number of halogens is 1. The standard InChI is InChI=1S/C18H23ClO2/c19-14-9-10-18(21-16-8-4-7-15(20)12-16)17(11-14)13-5-2-1-3-6-13/h9-11,13,16H,1-8,12H2. The molecule has 0 saturated heterocycles. The molecule has 0 aromatic heterocycles. The molecule has 3 heteroatoms. The minimum Gasteiger partial charge on any atom is -0.490 e.